The number of aromatic nitrogens is 5. The molecule has 1 fully saturated rings. The number of thiophene rings is 1. The summed E-state index contributed by atoms with van der Waals surface area (Å²) in [6, 6.07) is 2.09. The fourth-order valence-electron chi connectivity index (χ4n) is 3.34. The molecule has 1 aliphatic rings. The minimum Gasteiger partial charge on any atom is -0.305 e. The van der Waals surface area contributed by atoms with E-state index in [2.05, 4.69) is 44.1 Å². The number of nitrogens with zero attached hydrogens (tertiary/aromatic N) is 5. The van der Waals surface area contributed by atoms with Crippen LogP contribution >= 0.6 is 34.4 Å². The zero-order chi connectivity index (χ0) is 19.5. The topological polar surface area (TPSA) is 85.6 Å². The van der Waals surface area contributed by atoms with Gasteiger partial charge in [-0.2, -0.15) is 0 Å². The Hall–Kier alpha value is -1.78. The van der Waals surface area contributed by atoms with Crippen molar-refractivity contribution in [2.24, 2.45) is 7.05 Å². The highest BCUT2D eigenvalue weighted by molar-refractivity contribution is 7.99. The summed E-state index contributed by atoms with van der Waals surface area (Å²) in [5.74, 6) is 1.47. The molecule has 148 valence electrons. The number of hydrogen-bond donors (Lipinski definition) is 1. The lowest BCUT2D eigenvalue weighted by molar-refractivity contribution is -0.113. The highest BCUT2D eigenvalue weighted by Crippen LogP contribution is 2.35. The number of amides is 1. The Morgan fingerprint density at radius 1 is 1.25 bits per heavy atom. The molecule has 3 heterocycles. The molecule has 1 amide bonds. The summed E-state index contributed by atoms with van der Waals surface area (Å²) in [7, 11) is 1.92. The summed E-state index contributed by atoms with van der Waals surface area (Å²) >= 11 is 4.55. The van der Waals surface area contributed by atoms with Crippen molar-refractivity contribution < 1.29 is 4.79 Å². The second-order valence-corrected chi connectivity index (χ2v) is 10.00. The molecule has 1 aliphatic carbocycles. The Morgan fingerprint density at radius 3 is 2.82 bits per heavy atom. The van der Waals surface area contributed by atoms with Gasteiger partial charge >= 0.3 is 0 Å². The van der Waals surface area contributed by atoms with Crippen LogP contribution in [0.1, 0.15) is 47.9 Å². The normalized spacial score (nSPS) is 15.1. The van der Waals surface area contributed by atoms with Crippen molar-refractivity contribution in [1.82, 2.24) is 25.0 Å². The molecule has 0 atom stereocenters. The lowest BCUT2D eigenvalue weighted by atomic mass is 9.90. The van der Waals surface area contributed by atoms with E-state index >= 15 is 0 Å². The van der Waals surface area contributed by atoms with Crippen LogP contribution in [-0.2, 0) is 11.8 Å². The highest BCUT2D eigenvalue weighted by Gasteiger charge is 2.20. The van der Waals surface area contributed by atoms with Crippen molar-refractivity contribution in [1.29, 1.82) is 0 Å². The Balaban J connectivity index is 1.32. The summed E-state index contributed by atoms with van der Waals surface area (Å²) < 4.78 is 1.92. The summed E-state index contributed by atoms with van der Waals surface area (Å²) in [6.45, 7) is 2.07. The van der Waals surface area contributed by atoms with Gasteiger partial charge in [-0.15, -0.1) is 31.7 Å². The summed E-state index contributed by atoms with van der Waals surface area (Å²) in [6.07, 6.45) is 6.18. The van der Waals surface area contributed by atoms with E-state index in [0.29, 0.717) is 16.2 Å². The summed E-state index contributed by atoms with van der Waals surface area (Å²) in [5, 5.41) is 24.2. The van der Waals surface area contributed by atoms with Gasteiger partial charge in [-0.1, -0.05) is 42.4 Å². The molecule has 0 radical (unpaired) electrons. The smallest absolute Gasteiger partial charge is 0.236 e. The summed E-state index contributed by atoms with van der Waals surface area (Å²) in [4.78, 5) is 13.5. The number of thioether (sulfide) groups is 1. The molecular formula is C18H22N6OS3. The van der Waals surface area contributed by atoms with Crippen LogP contribution < -0.4 is 5.32 Å². The quantitative estimate of drug-likeness (QED) is 0.576. The second-order valence-electron chi connectivity index (χ2n) is 6.93. The van der Waals surface area contributed by atoms with Gasteiger partial charge in [-0.25, -0.2) is 0 Å². The van der Waals surface area contributed by atoms with E-state index in [0.717, 1.165) is 16.4 Å². The average molecular weight is 435 g/mol. The number of rotatable bonds is 6. The fourth-order valence-corrected chi connectivity index (χ4v) is 5.66. The molecule has 7 nitrogen and oxygen atoms in total. The van der Waals surface area contributed by atoms with Crippen molar-refractivity contribution in [3.05, 3.63) is 21.3 Å². The van der Waals surface area contributed by atoms with Crippen LogP contribution in [-0.4, -0.2) is 36.6 Å². The number of aryl methyl sites for hydroxylation is 1. The molecule has 3 aromatic heterocycles. The first-order valence-electron chi connectivity index (χ1n) is 9.31. The Labute approximate surface area is 176 Å². The maximum atomic E-state index is 12.3. The third kappa shape index (κ3) is 4.44. The van der Waals surface area contributed by atoms with E-state index in [1.165, 1.54) is 60.1 Å². The maximum absolute atomic E-state index is 12.3. The molecule has 0 saturated heterocycles. The van der Waals surface area contributed by atoms with E-state index in [-0.39, 0.29) is 11.7 Å². The van der Waals surface area contributed by atoms with Gasteiger partial charge in [-0.3, -0.25) is 10.1 Å². The van der Waals surface area contributed by atoms with Crippen LogP contribution in [0, 0.1) is 6.92 Å². The Bertz CT molecular complexity index is 956. The predicted molar refractivity (Wildman–Crippen MR) is 114 cm³/mol. The number of nitrogens with one attached hydrogen (secondary N) is 1. The van der Waals surface area contributed by atoms with Crippen molar-refractivity contribution in [2.75, 3.05) is 11.1 Å². The van der Waals surface area contributed by atoms with Gasteiger partial charge in [0.25, 0.3) is 0 Å². The van der Waals surface area contributed by atoms with Crippen LogP contribution in [0.4, 0.5) is 5.13 Å². The summed E-state index contributed by atoms with van der Waals surface area (Å²) in [5.41, 5.74) is 1.05. The number of carbonyl (C=O) groups excluding carboxylic acids is 1. The van der Waals surface area contributed by atoms with Crippen LogP contribution in [0.2, 0.25) is 0 Å². The lowest BCUT2D eigenvalue weighted by Gasteiger charge is -2.18. The van der Waals surface area contributed by atoms with Gasteiger partial charge in [0, 0.05) is 28.8 Å². The van der Waals surface area contributed by atoms with Gasteiger partial charge in [0.15, 0.2) is 11.0 Å². The predicted octanol–water partition coefficient (Wildman–Crippen LogP) is 4.48. The van der Waals surface area contributed by atoms with Crippen LogP contribution in [0.5, 0.6) is 0 Å². The van der Waals surface area contributed by atoms with E-state index in [9.17, 15) is 4.79 Å². The zero-order valence-corrected chi connectivity index (χ0v) is 18.3. The number of hydrogen-bond acceptors (Lipinski definition) is 8. The maximum Gasteiger partial charge on any atom is 0.236 e. The van der Waals surface area contributed by atoms with Crippen molar-refractivity contribution in [2.45, 2.75) is 50.1 Å². The van der Waals surface area contributed by atoms with E-state index < -0.39 is 0 Å². The van der Waals surface area contributed by atoms with Crippen LogP contribution in [0.25, 0.3) is 11.4 Å². The van der Waals surface area contributed by atoms with Gasteiger partial charge < -0.3 is 4.57 Å². The Morgan fingerprint density at radius 2 is 2.07 bits per heavy atom. The van der Waals surface area contributed by atoms with E-state index in [4.69, 9.17) is 0 Å². The number of carbonyl (C=O) groups is 1. The standard InChI is InChI=1S/C18H22N6OS3/c1-11-8-13(9-26-11)15-20-23-18(24(15)2)27-10-14(25)19-17-22-21-16(28-17)12-6-4-3-5-7-12/h8-9,12H,3-7,10H2,1-2H3,(H,19,22,25). The first kappa shape index (κ1) is 19.5. The average Bonchev–Trinajstić information content (AvgIpc) is 3.41. The molecule has 1 saturated carbocycles. The van der Waals surface area contributed by atoms with Gasteiger partial charge in [0.2, 0.25) is 11.0 Å². The molecular weight excluding hydrogens is 412 g/mol. The van der Waals surface area contributed by atoms with Crippen LogP contribution in [0.3, 0.4) is 0 Å². The van der Waals surface area contributed by atoms with Gasteiger partial charge in [0.1, 0.15) is 5.01 Å². The monoisotopic (exact) mass is 434 g/mol. The third-order valence-corrected chi connectivity index (χ3v) is 7.68. The van der Waals surface area contributed by atoms with Crippen molar-refractivity contribution in [3.8, 4) is 11.4 Å². The van der Waals surface area contributed by atoms with E-state index in [1.54, 1.807) is 11.3 Å². The second kappa shape index (κ2) is 8.71. The zero-order valence-electron chi connectivity index (χ0n) is 15.8. The SMILES string of the molecule is Cc1cc(-c2nnc(SCC(=O)Nc3nnc(C4CCCCC4)s3)n2C)cs1. The molecule has 10 heteroatoms. The third-order valence-electron chi connectivity index (χ3n) is 4.80. The van der Waals surface area contributed by atoms with Crippen molar-refractivity contribution >= 4 is 45.5 Å². The van der Waals surface area contributed by atoms with E-state index in [1.807, 2.05) is 11.6 Å². The molecule has 0 spiro atoms. The first-order chi connectivity index (χ1) is 13.6. The molecule has 28 heavy (non-hydrogen) atoms. The lowest BCUT2D eigenvalue weighted by Crippen LogP contribution is -2.14. The fraction of sp³-hybridized carbons (Fsp3) is 0.500. The molecule has 1 N–H and O–H groups in total. The molecule has 0 unspecified atom stereocenters. The van der Waals surface area contributed by atoms with Gasteiger partial charge in [-0.05, 0) is 25.8 Å². The molecule has 0 aromatic carbocycles. The molecule has 0 aliphatic heterocycles. The van der Waals surface area contributed by atoms with Gasteiger partial charge in [0.05, 0.1) is 5.75 Å². The molecule has 3 aromatic rings. The molecule has 0 bridgehead atoms. The molecule has 4 rings (SSSR count). The minimum atomic E-state index is -0.104. The largest absolute Gasteiger partial charge is 0.305 e. The Kier molecular flexibility index (Phi) is 6.07. The van der Waals surface area contributed by atoms with Crippen molar-refractivity contribution in [3.63, 3.8) is 0 Å². The number of anilines is 1. The highest BCUT2D eigenvalue weighted by atomic mass is 32.2. The van der Waals surface area contributed by atoms with Crippen LogP contribution in [0.15, 0.2) is 16.6 Å². The minimum absolute atomic E-state index is 0.104. The first-order valence-corrected chi connectivity index (χ1v) is 12.0.